The molecule has 0 unspecified atom stereocenters. The zero-order valence-electron chi connectivity index (χ0n) is 14.5. The molecule has 0 aliphatic carbocycles. The minimum Gasteiger partial charge on any atom is -0.497 e. The lowest BCUT2D eigenvalue weighted by Gasteiger charge is -2.11. The number of carbonyl (C=O) groups excluding carboxylic acids is 2. The largest absolute Gasteiger partial charge is 0.497 e. The smallest absolute Gasteiger partial charge is 0.414 e. The number of amides is 2. The van der Waals surface area contributed by atoms with Gasteiger partial charge in [-0.2, -0.15) is 11.8 Å². The van der Waals surface area contributed by atoms with Crippen LogP contribution in [0.5, 0.6) is 5.75 Å². The molecule has 0 fully saturated rings. The van der Waals surface area contributed by atoms with Crippen molar-refractivity contribution in [3.8, 4) is 5.75 Å². The Morgan fingerprint density at radius 3 is 2.42 bits per heavy atom. The second-order valence-electron chi connectivity index (χ2n) is 5.52. The van der Waals surface area contributed by atoms with Gasteiger partial charge in [0.05, 0.1) is 13.2 Å². The van der Waals surface area contributed by atoms with Gasteiger partial charge in [0.1, 0.15) is 12.4 Å². The number of methoxy groups -OCH3 is 1. The second-order valence-corrected chi connectivity index (χ2v) is 6.55. The van der Waals surface area contributed by atoms with Crippen LogP contribution >= 0.6 is 11.8 Å². The molecule has 0 radical (unpaired) electrons. The van der Waals surface area contributed by atoms with Crippen molar-refractivity contribution < 1.29 is 19.1 Å². The summed E-state index contributed by atoms with van der Waals surface area (Å²) in [7, 11) is 1.62. The van der Waals surface area contributed by atoms with Crippen molar-refractivity contribution in [2.45, 2.75) is 18.4 Å². The first-order valence-electron chi connectivity index (χ1n) is 8.06. The number of hydrogen-bond donors (Lipinski definition) is 2. The Hall–Kier alpha value is -2.51. The van der Waals surface area contributed by atoms with E-state index < -0.39 is 18.0 Å². The monoisotopic (exact) mass is 374 g/mol. The minimum atomic E-state index is -0.797. The Morgan fingerprint density at radius 2 is 1.77 bits per heavy atom. The number of rotatable bonds is 8. The normalized spacial score (nSPS) is 11.5. The maximum Gasteiger partial charge on any atom is 0.414 e. The van der Waals surface area contributed by atoms with Crippen LogP contribution in [0.15, 0.2) is 54.6 Å². The molecule has 0 spiro atoms. The predicted molar refractivity (Wildman–Crippen MR) is 102 cm³/mol. The van der Waals surface area contributed by atoms with E-state index in [9.17, 15) is 9.59 Å². The molecule has 0 saturated heterocycles. The van der Waals surface area contributed by atoms with Crippen LogP contribution in [0, 0.1) is 0 Å². The van der Waals surface area contributed by atoms with Gasteiger partial charge in [-0.1, -0.05) is 42.5 Å². The molecular formula is C19H22N2O4S. The van der Waals surface area contributed by atoms with Crippen molar-refractivity contribution in [1.82, 2.24) is 5.32 Å². The number of carbonyl (C=O) groups is 2. The average Bonchev–Trinajstić information content (AvgIpc) is 2.67. The number of nitrogens with two attached hydrogens (primary N) is 1. The summed E-state index contributed by atoms with van der Waals surface area (Å²) in [5.74, 6) is 1.35. The van der Waals surface area contributed by atoms with Crippen molar-refractivity contribution in [3.63, 3.8) is 0 Å². The third kappa shape index (κ3) is 6.78. The summed E-state index contributed by atoms with van der Waals surface area (Å²) in [6.07, 6.45) is -0.797. The maximum atomic E-state index is 11.9. The van der Waals surface area contributed by atoms with Crippen molar-refractivity contribution in [2.75, 3.05) is 12.9 Å². The van der Waals surface area contributed by atoms with Crippen molar-refractivity contribution in [1.29, 1.82) is 0 Å². The van der Waals surface area contributed by atoms with E-state index >= 15 is 0 Å². The summed E-state index contributed by atoms with van der Waals surface area (Å²) in [5.41, 5.74) is 7.77. The molecule has 0 heterocycles. The number of thioether (sulfide) groups is 1. The van der Waals surface area contributed by atoms with Crippen LogP contribution in [0.4, 0.5) is 4.79 Å². The fraction of sp³-hybridized carbons (Fsp3) is 0.263. The molecule has 2 amide bonds. The van der Waals surface area contributed by atoms with Gasteiger partial charge in [-0.15, -0.1) is 0 Å². The Morgan fingerprint density at radius 1 is 1.08 bits per heavy atom. The Bertz CT molecular complexity index is 707. The fourth-order valence-electron chi connectivity index (χ4n) is 2.05. The quantitative estimate of drug-likeness (QED) is 0.738. The zero-order valence-corrected chi connectivity index (χ0v) is 15.3. The van der Waals surface area contributed by atoms with Gasteiger partial charge in [0.15, 0.2) is 0 Å². The van der Waals surface area contributed by atoms with Crippen molar-refractivity contribution in [3.05, 3.63) is 65.7 Å². The van der Waals surface area contributed by atoms with Crippen LogP contribution < -0.4 is 15.8 Å². The van der Waals surface area contributed by atoms with Crippen LogP contribution in [-0.2, 0) is 21.9 Å². The maximum absolute atomic E-state index is 11.9. The molecule has 0 aliphatic heterocycles. The summed E-state index contributed by atoms with van der Waals surface area (Å²) < 4.78 is 10.1. The molecule has 0 saturated carbocycles. The molecule has 0 aromatic heterocycles. The SMILES string of the molecule is COc1ccc(CSC[C@H](N)C(=O)NC(=O)OCc2ccccc2)cc1. The van der Waals surface area contributed by atoms with E-state index in [-0.39, 0.29) is 6.61 Å². The van der Waals surface area contributed by atoms with E-state index in [1.165, 1.54) is 11.8 Å². The highest BCUT2D eigenvalue weighted by atomic mass is 32.2. The van der Waals surface area contributed by atoms with E-state index in [2.05, 4.69) is 5.32 Å². The summed E-state index contributed by atoms with van der Waals surface area (Å²) in [5, 5.41) is 2.16. The molecule has 1 atom stereocenters. The fourth-order valence-corrected chi connectivity index (χ4v) is 3.00. The van der Waals surface area contributed by atoms with Gasteiger partial charge in [0.25, 0.3) is 0 Å². The van der Waals surface area contributed by atoms with Crippen molar-refractivity contribution in [2.24, 2.45) is 5.73 Å². The molecule has 26 heavy (non-hydrogen) atoms. The van der Waals surface area contributed by atoms with E-state index in [4.69, 9.17) is 15.2 Å². The number of imide groups is 1. The van der Waals surface area contributed by atoms with Crippen LogP contribution in [0.25, 0.3) is 0 Å². The number of benzene rings is 2. The van der Waals surface area contributed by atoms with Crippen LogP contribution in [0.1, 0.15) is 11.1 Å². The van der Waals surface area contributed by atoms with Gasteiger partial charge in [-0.05, 0) is 23.3 Å². The Kier molecular flexibility index (Phi) is 7.98. The molecule has 138 valence electrons. The van der Waals surface area contributed by atoms with E-state index in [1.807, 2.05) is 54.6 Å². The third-order valence-electron chi connectivity index (χ3n) is 3.50. The highest BCUT2D eigenvalue weighted by Crippen LogP contribution is 2.16. The summed E-state index contributed by atoms with van der Waals surface area (Å²) in [6.45, 7) is 0.0986. The van der Waals surface area contributed by atoms with Gasteiger partial charge in [-0.3, -0.25) is 10.1 Å². The molecule has 0 bridgehead atoms. The first kappa shape index (κ1) is 19.8. The molecule has 2 rings (SSSR count). The summed E-state index contributed by atoms with van der Waals surface area (Å²) >= 11 is 1.51. The molecule has 0 aliphatic rings. The number of alkyl carbamates (subject to hydrolysis) is 1. The van der Waals surface area contributed by atoms with Crippen LogP contribution in [-0.4, -0.2) is 30.9 Å². The Balaban J connectivity index is 1.66. The van der Waals surface area contributed by atoms with Gasteiger partial charge in [-0.25, -0.2) is 4.79 Å². The van der Waals surface area contributed by atoms with E-state index in [1.54, 1.807) is 7.11 Å². The lowest BCUT2D eigenvalue weighted by atomic mass is 10.2. The van der Waals surface area contributed by atoms with E-state index in [0.717, 1.165) is 16.9 Å². The van der Waals surface area contributed by atoms with Crippen LogP contribution in [0.2, 0.25) is 0 Å². The molecule has 7 heteroatoms. The standard InChI is InChI=1S/C19H22N2O4S/c1-24-16-9-7-15(8-10-16)12-26-13-17(20)18(22)21-19(23)25-11-14-5-3-2-4-6-14/h2-10,17H,11-13,20H2,1H3,(H,21,22,23)/t17-/m0/s1. The molecule has 2 aromatic carbocycles. The topological polar surface area (TPSA) is 90.6 Å². The highest BCUT2D eigenvalue weighted by molar-refractivity contribution is 7.98. The summed E-state index contributed by atoms with van der Waals surface area (Å²) in [4.78, 5) is 23.6. The highest BCUT2D eigenvalue weighted by Gasteiger charge is 2.17. The number of ether oxygens (including phenoxy) is 2. The second kappa shape index (κ2) is 10.5. The first-order valence-corrected chi connectivity index (χ1v) is 9.21. The molecule has 6 nitrogen and oxygen atoms in total. The molecular weight excluding hydrogens is 352 g/mol. The number of nitrogens with one attached hydrogen (secondary N) is 1. The van der Waals surface area contributed by atoms with Gasteiger partial charge < -0.3 is 15.2 Å². The number of hydrogen-bond acceptors (Lipinski definition) is 6. The predicted octanol–water partition coefficient (Wildman–Crippen LogP) is 2.71. The van der Waals surface area contributed by atoms with E-state index in [0.29, 0.717) is 11.5 Å². The third-order valence-corrected chi connectivity index (χ3v) is 4.63. The van der Waals surface area contributed by atoms with Gasteiger partial charge in [0.2, 0.25) is 5.91 Å². The van der Waals surface area contributed by atoms with Crippen LogP contribution in [0.3, 0.4) is 0 Å². The first-order chi connectivity index (χ1) is 12.6. The minimum absolute atomic E-state index is 0.0986. The average molecular weight is 374 g/mol. The Labute approximate surface area is 157 Å². The van der Waals surface area contributed by atoms with Gasteiger partial charge >= 0.3 is 6.09 Å². The molecule has 2 aromatic rings. The van der Waals surface area contributed by atoms with Crippen molar-refractivity contribution >= 4 is 23.8 Å². The lowest BCUT2D eigenvalue weighted by Crippen LogP contribution is -2.45. The summed E-state index contributed by atoms with van der Waals surface area (Å²) in [6, 6.07) is 16.1. The lowest BCUT2D eigenvalue weighted by molar-refractivity contribution is -0.121. The van der Waals surface area contributed by atoms with Gasteiger partial charge in [0, 0.05) is 11.5 Å². The zero-order chi connectivity index (χ0) is 18.8. The molecule has 3 N–H and O–H groups in total.